The first-order chi connectivity index (χ1) is 17.5. The zero-order chi connectivity index (χ0) is 25.2. The number of hydrogen-bond acceptors (Lipinski definition) is 6. The first-order valence-electron chi connectivity index (χ1n) is 12.0. The molecule has 1 saturated carbocycles. The number of aryl methyl sites for hydroxylation is 1. The lowest BCUT2D eigenvalue weighted by Gasteiger charge is -2.21. The van der Waals surface area contributed by atoms with E-state index in [0.29, 0.717) is 52.0 Å². The Balaban J connectivity index is 1.49. The normalized spacial score (nSPS) is 13.0. The van der Waals surface area contributed by atoms with Gasteiger partial charge < -0.3 is 15.0 Å². The number of likely N-dealkylation sites (N-methyl/N-ethyl adjacent to an activating group) is 1. The van der Waals surface area contributed by atoms with Gasteiger partial charge in [-0.3, -0.25) is 9.59 Å². The minimum absolute atomic E-state index is 0.0939. The van der Waals surface area contributed by atoms with Gasteiger partial charge in [0.05, 0.1) is 29.4 Å². The molecule has 3 heterocycles. The van der Waals surface area contributed by atoms with Gasteiger partial charge in [0.25, 0.3) is 5.91 Å². The molecule has 1 aliphatic carbocycles. The van der Waals surface area contributed by atoms with E-state index in [0.717, 1.165) is 18.5 Å². The Morgan fingerprint density at radius 1 is 1.17 bits per heavy atom. The summed E-state index contributed by atoms with van der Waals surface area (Å²) < 4.78 is 7.01. The van der Waals surface area contributed by atoms with Crippen LogP contribution in [0, 0.1) is 6.92 Å². The van der Waals surface area contributed by atoms with Crippen molar-refractivity contribution in [3.63, 3.8) is 0 Å². The van der Waals surface area contributed by atoms with E-state index < -0.39 is 0 Å². The lowest BCUT2D eigenvalue weighted by atomic mass is 10.1. The van der Waals surface area contributed by atoms with Crippen molar-refractivity contribution in [2.75, 3.05) is 25.5 Å². The van der Waals surface area contributed by atoms with Crippen LogP contribution in [-0.4, -0.2) is 56.7 Å². The van der Waals surface area contributed by atoms with E-state index in [4.69, 9.17) is 9.72 Å². The Labute approximate surface area is 209 Å². The van der Waals surface area contributed by atoms with Gasteiger partial charge in [-0.15, -0.1) is 0 Å². The van der Waals surface area contributed by atoms with Crippen molar-refractivity contribution in [3.8, 4) is 11.6 Å². The average Bonchev–Trinajstić information content (AvgIpc) is 3.70. The topological polar surface area (TPSA) is 102 Å². The minimum atomic E-state index is -0.302. The van der Waals surface area contributed by atoms with Gasteiger partial charge >= 0.3 is 0 Å². The molecule has 0 spiro atoms. The predicted octanol–water partition coefficient (Wildman–Crippen LogP) is 4.11. The molecule has 1 aliphatic rings. The molecule has 0 radical (unpaired) electrons. The maximum Gasteiger partial charge on any atom is 0.255 e. The standard InChI is InChI=1S/C27H28N6O3/c1-4-32(16-24(34)29-20-9-5-6-10-22(20)36-3)27(35)19-15-21(18-12-13-18)30-26-25(19)17(2)31-33(26)23-11-7-8-14-28-23/h5-11,14-15,18H,4,12-13,16H2,1-3H3,(H,29,34). The molecule has 1 N–H and O–H groups in total. The number of para-hydroxylation sites is 2. The SMILES string of the molecule is CCN(CC(=O)Nc1ccccc1OC)C(=O)c1cc(C2CC2)nc2c1c(C)nn2-c1ccccn1. The number of ether oxygens (including phenoxy) is 1. The summed E-state index contributed by atoms with van der Waals surface area (Å²) >= 11 is 0. The quantitative estimate of drug-likeness (QED) is 0.404. The van der Waals surface area contributed by atoms with E-state index in [-0.39, 0.29) is 18.4 Å². The van der Waals surface area contributed by atoms with Crippen LogP contribution < -0.4 is 10.1 Å². The predicted molar refractivity (Wildman–Crippen MR) is 137 cm³/mol. The molecule has 9 nitrogen and oxygen atoms in total. The Bertz CT molecular complexity index is 1430. The van der Waals surface area contributed by atoms with Crippen LogP contribution in [0.25, 0.3) is 16.9 Å². The van der Waals surface area contributed by atoms with Gasteiger partial charge in [-0.25, -0.2) is 9.97 Å². The zero-order valence-corrected chi connectivity index (χ0v) is 20.6. The largest absolute Gasteiger partial charge is 0.495 e. The maximum atomic E-state index is 13.8. The van der Waals surface area contributed by atoms with E-state index in [9.17, 15) is 9.59 Å². The highest BCUT2D eigenvalue weighted by Gasteiger charge is 2.30. The van der Waals surface area contributed by atoms with Crippen LogP contribution >= 0.6 is 0 Å². The summed E-state index contributed by atoms with van der Waals surface area (Å²) in [6.07, 6.45) is 3.79. The number of fused-ring (bicyclic) bond motifs is 1. The van der Waals surface area contributed by atoms with Crippen molar-refractivity contribution < 1.29 is 14.3 Å². The van der Waals surface area contributed by atoms with Crippen molar-refractivity contribution >= 4 is 28.5 Å². The third-order valence-corrected chi connectivity index (χ3v) is 6.31. The fourth-order valence-electron chi connectivity index (χ4n) is 4.31. The summed E-state index contributed by atoms with van der Waals surface area (Å²) in [7, 11) is 1.55. The van der Waals surface area contributed by atoms with Crippen LogP contribution in [0.2, 0.25) is 0 Å². The number of rotatable bonds is 8. The molecule has 0 unspecified atom stereocenters. The van der Waals surface area contributed by atoms with Crippen molar-refractivity contribution in [1.82, 2.24) is 24.6 Å². The van der Waals surface area contributed by atoms with E-state index in [2.05, 4.69) is 15.4 Å². The molecule has 184 valence electrons. The molecule has 3 aromatic heterocycles. The van der Waals surface area contributed by atoms with Gasteiger partial charge in [0, 0.05) is 24.4 Å². The second-order valence-electron chi connectivity index (χ2n) is 8.82. The second-order valence-corrected chi connectivity index (χ2v) is 8.82. The Morgan fingerprint density at radius 2 is 1.94 bits per heavy atom. The molecule has 4 aromatic rings. The first kappa shape index (κ1) is 23.5. The van der Waals surface area contributed by atoms with Crippen LogP contribution in [0.4, 0.5) is 5.69 Å². The van der Waals surface area contributed by atoms with Crippen molar-refractivity contribution in [2.45, 2.75) is 32.6 Å². The summed E-state index contributed by atoms with van der Waals surface area (Å²) in [6, 6.07) is 14.6. The summed E-state index contributed by atoms with van der Waals surface area (Å²) in [6.45, 7) is 4.00. The number of aromatic nitrogens is 4. The van der Waals surface area contributed by atoms with Crippen LogP contribution in [0.3, 0.4) is 0 Å². The molecular weight excluding hydrogens is 456 g/mol. The summed E-state index contributed by atoms with van der Waals surface area (Å²) in [5.41, 5.74) is 3.23. The number of methoxy groups -OCH3 is 1. The zero-order valence-electron chi connectivity index (χ0n) is 20.6. The smallest absolute Gasteiger partial charge is 0.255 e. The van der Waals surface area contributed by atoms with Gasteiger partial charge in [0.15, 0.2) is 11.5 Å². The van der Waals surface area contributed by atoms with Gasteiger partial charge in [-0.1, -0.05) is 18.2 Å². The molecule has 0 saturated heterocycles. The number of benzene rings is 1. The fraction of sp³-hybridized carbons (Fsp3) is 0.296. The lowest BCUT2D eigenvalue weighted by Crippen LogP contribution is -2.38. The minimum Gasteiger partial charge on any atom is -0.495 e. The number of pyridine rings is 2. The maximum absolute atomic E-state index is 13.8. The molecule has 1 fully saturated rings. The highest BCUT2D eigenvalue weighted by atomic mass is 16.5. The Hall–Kier alpha value is -4.27. The lowest BCUT2D eigenvalue weighted by molar-refractivity contribution is -0.116. The van der Waals surface area contributed by atoms with Crippen molar-refractivity contribution in [1.29, 1.82) is 0 Å². The highest BCUT2D eigenvalue weighted by molar-refractivity contribution is 6.08. The number of amides is 2. The third kappa shape index (κ3) is 4.51. The first-order valence-corrected chi connectivity index (χ1v) is 12.0. The summed E-state index contributed by atoms with van der Waals surface area (Å²) in [4.78, 5) is 37.6. The average molecular weight is 485 g/mol. The van der Waals surface area contributed by atoms with Gasteiger partial charge in [0.2, 0.25) is 5.91 Å². The molecule has 0 aliphatic heterocycles. The molecule has 0 bridgehead atoms. The van der Waals surface area contributed by atoms with Crippen molar-refractivity contribution in [2.24, 2.45) is 0 Å². The number of carbonyl (C=O) groups is 2. The summed E-state index contributed by atoms with van der Waals surface area (Å²) in [5, 5.41) is 8.20. The molecule has 1 aromatic carbocycles. The number of carbonyl (C=O) groups excluding carboxylic acids is 2. The number of hydrogen-bond donors (Lipinski definition) is 1. The number of nitrogens with zero attached hydrogens (tertiary/aromatic N) is 5. The Morgan fingerprint density at radius 3 is 2.64 bits per heavy atom. The van der Waals surface area contributed by atoms with Gasteiger partial charge in [0.1, 0.15) is 12.3 Å². The van der Waals surface area contributed by atoms with Crippen LogP contribution in [0.15, 0.2) is 54.7 Å². The van der Waals surface area contributed by atoms with E-state index in [1.807, 2.05) is 50.2 Å². The highest BCUT2D eigenvalue weighted by Crippen LogP contribution is 2.41. The van der Waals surface area contributed by atoms with E-state index in [1.54, 1.807) is 30.1 Å². The fourth-order valence-corrected chi connectivity index (χ4v) is 4.31. The van der Waals surface area contributed by atoms with Crippen LogP contribution in [0.5, 0.6) is 5.75 Å². The molecule has 0 atom stereocenters. The van der Waals surface area contributed by atoms with Crippen molar-refractivity contribution in [3.05, 3.63) is 71.7 Å². The van der Waals surface area contributed by atoms with Gasteiger partial charge in [-0.2, -0.15) is 9.78 Å². The molecule has 2 amide bonds. The summed E-state index contributed by atoms with van der Waals surface area (Å²) in [5.74, 6) is 0.993. The number of nitrogens with one attached hydrogen (secondary N) is 1. The van der Waals surface area contributed by atoms with Crippen LogP contribution in [0.1, 0.15) is 47.4 Å². The molecular formula is C27H28N6O3. The van der Waals surface area contributed by atoms with Crippen LogP contribution in [-0.2, 0) is 4.79 Å². The molecule has 9 heteroatoms. The van der Waals surface area contributed by atoms with E-state index in [1.165, 1.54) is 4.90 Å². The number of anilines is 1. The molecule has 36 heavy (non-hydrogen) atoms. The van der Waals surface area contributed by atoms with Gasteiger partial charge in [-0.05, 0) is 57.0 Å². The molecule has 5 rings (SSSR count). The van der Waals surface area contributed by atoms with E-state index >= 15 is 0 Å². The Kier molecular flexibility index (Phi) is 6.37. The monoisotopic (exact) mass is 484 g/mol. The third-order valence-electron chi connectivity index (χ3n) is 6.31. The second kappa shape index (κ2) is 9.77.